The molecule has 0 saturated carbocycles. The largest absolute Gasteiger partial charge is 0.449 e. The molecule has 2 atom stereocenters. The number of carbonyl (C=O) groups excluding carboxylic acids is 2. The van der Waals surface area contributed by atoms with Crippen molar-refractivity contribution in [3.63, 3.8) is 0 Å². The number of rotatable bonds is 5. The van der Waals surface area contributed by atoms with E-state index in [0.717, 1.165) is 0 Å². The maximum Gasteiger partial charge on any atom is 0.416 e. The van der Waals surface area contributed by atoms with Gasteiger partial charge in [-0.15, -0.1) is 0 Å². The molecule has 37 heavy (non-hydrogen) atoms. The number of fused-ring (bicyclic) bond motifs is 1. The lowest BCUT2D eigenvalue weighted by Crippen LogP contribution is -2.54. The molecule has 0 fully saturated rings. The van der Waals surface area contributed by atoms with E-state index in [1.807, 2.05) is 0 Å². The normalized spacial score (nSPS) is 16.8. The van der Waals surface area contributed by atoms with Crippen molar-refractivity contribution in [3.8, 4) is 0 Å². The first-order valence-corrected chi connectivity index (χ1v) is 12.0. The highest BCUT2D eigenvalue weighted by molar-refractivity contribution is 9.10. The predicted molar refractivity (Wildman–Crippen MR) is 128 cm³/mol. The van der Waals surface area contributed by atoms with Gasteiger partial charge in [-0.2, -0.15) is 26.3 Å². The summed E-state index contributed by atoms with van der Waals surface area (Å²) in [5.41, 5.74) is -2.99. The molecule has 1 heterocycles. The summed E-state index contributed by atoms with van der Waals surface area (Å²) < 4.78 is 87.3. The Morgan fingerprint density at radius 2 is 1.62 bits per heavy atom. The number of hydrogen-bond donors (Lipinski definition) is 1. The molecular formula is C24H24BrF6N3O3. The minimum absolute atomic E-state index is 0.0164. The van der Waals surface area contributed by atoms with E-state index >= 15 is 0 Å². The molecule has 1 aliphatic heterocycles. The summed E-state index contributed by atoms with van der Waals surface area (Å²) in [5, 5.41) is 2.35. The van der Waals surface area contributed by atoms with Crippen LogP contribution in [0.25, 0.3) is 0 Å². The Morgan fingerprint density at radius 1 is 1.03 bits per heavy atom. The second-order valence-electron chi connectivity index (χ2n) is 8.27. The molecule has 2 aromatic rings. The van der Waals surface area contributed by atoms with E-state index in [1.54, 1.807) is 32.0 Å². The van der Waals surface area contributed by atoms with Crippen molar-refractivity contribution in [2.45, 2.75) is 44.7 Å². The van der Waals surface area contributed by atoms with Crippen LogP contribution in [0.1, 0.15) is 43.0 Å². The first-order chi connectivity index (χ1) is 17.2. The highest BCUT2D eigenvalue weighted by Gasteiger charge is 2.42. The summed E-state index contributed by atoms with van der Waals surface area (Å²) in [6.07, 6.45) is -10.5. The van der Waals surface area contributed by atoms with Crippen LogP contribution in [0.2, 0.25) is 0 Å². The van der Waals surface area contributed by atoms with Gasteiger partial charge < -0.3 is 15.0 Å². The molecule has 1 aliphatic rings. The van der Waals surface area contributed by atoms with Gasteiger partial charge in [0.15, 0.2) is 0 Å². The number of nitrogens with one attached hydrogen (secondary N) is 1. The summed E-state index contributed by atoms with van der Waals surface area (Å²) in [6.45, 7) is 3.42. The number of carbonyl (C=O) groups is 2. The highest BCUT2D eigenvalue weighted by Crippen LogP contribution is 2.44. The zero-order valence-corrected chi connectivity index (χ0v) is 21.6. The number of anilines is 2. The molecule has 0 saturated heterocycles. The monoisotopic (exact) mass is 595 g/mol. The molecular weight excluding hydrogens is 572 g/mol. The van der Waals surface area contributed by atoms with Gasteiger partial charge in [0.05, 0.1) is 35.2 Å². The van der Waals surface area contributed by atoms with Crippen LogP contribution in [-0.2, 0) is 21.9 Å². The van der Waals surface area contributed by atoms with Crippen molar-refractivity contribution >= 4 is 39.3 Å². The van der Waals surface area contributed by atoms with Crippen molar-refractivity contribution in [2.24, 2.45) is 0 Å². The van der Waals surface area contributed by atoms with Crippen molar-refractivity contribution < 1.29 is 40.7 Å². The van der Waals surface area contributed by atoms with Crippen molar-refractivity contribution in [2.75, 3.05) is 30.0 Å². The van der Waals surface area contributed by atoms with Crippen LogP contribution >= 0.6 is 15.9 Å². The Hall–Kier alpha value is -2.96. The molecule has 2 aromatic carbocycles. The maximum absolute atomic E-state index is 13.6. The molecule has 3 rings (SSSR count). The lowest BCUT2D eigenvalue weighted by molar-refractivity contribution is -0.143. The quantitative estimate of drug-likeness (QED) is 0.399. The van der Waals surface area contributed by atoms with Crippen LogP contribution in [0.5, 0.6) is 0 Å². The molecule has 2 amide bonds. The first kappa shape index (κ1) is 28.6. The van der Waals surface area contributed by atoms with Gasteiger partial charge >= 0.3 is 18.4 Å². The standard InChI is InChI=1S/C24H24BrF6N3O3/c1-4-17-12-33(19-11-16(25)6-7-18(19)34(17)22(36)37-5-2)20(21(35)32-3)13-8-14(23(26,27)28)10-15(9-13)24(29,30)31/h6-11,17,20H,4-5,12H2,1-3H3,(H,32,35). The number of nitrogens with zero attached hydrogens (tertiary/aromatic N) is 2. The van der Waals surface area contributed by atoms with E-state index in [2.05, 4.69) is 21.2 Å². The third kappa shape index (κ3) is 5.97. The number of likely N-dealkylation sites (N-methyl/N-ethyl adjacent to an activating group) is 1. The van der Waals surface area contributed by atoms with Crippen LogP contribution in [0.4, 0.5) is 42.5 Å². The van der Waals surface area contributed by atoms with Gasteiger partial charge in [0.2, 0.25) is 5.91 Å². The zero-order chi connectivity index (χ0) is 27.7. The molecule has 0 spiro atoms. The Kier molecular flexibility index (Phi) is 8.35. The topological polar surface area (TPSA) is 61.9 Å². The highest BCUT2D eigenvalue weighted by atomic mass is 79.9. The smallest absolute Gasteiger partial charge is 0.416 e. The van der Waals surface area contributed by atoms with Crippen molar-refractivity contribution in [3.05, 3.63) is 57.6 Å². The van der Waals surface area contributed by atoms with Gasteiger partial charge in [0.25, 0.3) is 0 Å². The van der Waals surface area contributed by atoms with E-state index in [4.69, 9.17) is 4.74 Å². The summed E-state index contributed by atoms with van der Waals surface area (Å²) in [7, 11) is 1.24. The Labute approximate surface area is 217 Å². The molecule has 0 aliphatic carbocycles. The number of alkyl halides is 6. The molecule has 0 bridgehead atoms. The van der Waals surface area contributed by atoms with E-state index in [0.29, 0.717) is 28.7 Å². The lowest BCUT2D eigenvalue weighted by Gasteiger charge is -2.45. The van der Waals surface area contributed by atoms with Crippen LogP contribution < -0.4 is 15.1 Å². The Balaban J connectivity index is 2.29. The number of amides is 2. The van der Waals surface area contributed by atoms with E-state index in [9.17, 15) is 35.9 Å². The van der Waals surface area contributed by atoms with Gasteiger partial charge in [-0.3, -0.25) is 9.69 Å². The number of ether oxygens (including phenoxy) is 1. The van der Waals surface area contributed by atoms with Crippen LogP contribution in [0.15, 0.2) is 40.9 Å². The van der Waals surface area contributed by atoms with E-state index in [1.165, 1.54) is 16.8 Å². The minimum atomic E-state index is -5.08. The molecule has 13 heteroatoms. The minimum Gasteiger partial charge on any atom is -0.449 e. The Bertz CT molecular complexity index is 1140. The molecule has 6 nitrogen and oxygen atoms in total. The number of hydrogen-bond acceptors (Lipinski definition) is 4. The van der Waals surface area contributed by atoms with E-state index < -0.39 is 53.1 Å². The molecule has 1 N–H and O–H groups in total. The van der Waals surface area contributed by atoms with Gasteiger partial charge in [0, 0.05) is 18.1 Å². The summed E-state index contributed by atoms with van der Waals surface area (Å²) in [5.74, 6) is -0.821. The summed E-state index contributed by atoms with van der Waals surface area (Å²) in [4.78, 5) is 28.7. The van der Waals surface area contributed by atoms with Crippen LogP contribution in [-0.4, -0.2) is 38.2 Å². The molecule has 2 unspecified atom stereocenters. The fraction of sp³-hybridized carbons (Fsp3) is 0.417. The lowest BCUT2D eigenvalue weighted by atomic mass is 9.95. The third-order valence-electron chi connectivity index (χ3n) is 5.95. The van der Waals surface area contributed by atoms with E-state index in [-0.39, 0.29) is 24.9 Å². The van der Waals surface area contributed by atoms with Crippen molar-refractivity contribution in [1.82, 2.24) is 5.32 Å². The van der Waals surface area contributed by atoms with Gasteiger partial charge in [-0.25, -0.2) is 4.79 Å². The zero-order valence-electron chi connectivity index (χ0n) is 20.0. The van der Waals surface area contributed by atoms with Gasteiger partial charge in [-0.1, -0.05) is 22.9 Å². The molecule has 0 radical (unpaired) electrons. The SMILES string of the molecule is CCOC(=O)N1c2ccc(Br)cc2N(C(C(=O)NC)c2cc(C(F)(F)F)cc(C(F)(F)F)c2)CC1CC. The molecule has 202 valence electrons. The third-order valence-corrected chi connectivity index (χ3v) is 6.44. The number of benzene rings is 2. The fourth-order valence-corrected chi connectivity index (χ4v) is 4.63. The molecule has 0 aromatic heterocycles. The van der Waals surface area contributed by atoms with Crippen LogP contribution in [0.3, 0.4) is 0 Å². The second kappa shape index (κ2) is 10.8. The number of halogens is 7. The average molecular weight is 596 g/mol. The average Bonchev–Trinajstić information content (AvgIpc) is 2.82. The van der Waals surface area contributed by atoms with Crippen molar-refractivity contribution in [1.29, 1.82) is 0 Å². The summed E-state index contributed by atoms with van der Waals surface area (Å²) >= 11 is 3.31. The van der Waals surface area contributed by atoms with Gasteiger partial charge in [-0.05, 0) is 55.3 Å². The summed E-state index contributed by atoms with van der Waals surface area (Å²) in [6, 6.07) is 3.69. The first-order valence-electron chi connectivity index (χ1n) is 11.3. The Morgan fingerprint density at radius 3 is 2.11 bits per heavy atom. The second-order valence-corrected chi connectivity index (χ2v) is 9.19. The fourth-order valence-electron chi connectivity index (χ4n) is 4.28. The van der Waals surface area contributed by atoms with Gasteiger partial charge in [0.1, 0.15) is 6.04 Å². The maximum atomic E-state index is 13.6. The van der Waals surface area contributed by atoms with Crippen LogP contribution in [0, 0.1) is 0 Å². The predicted octanol–water partition coefficient (Wildman–Crippen LogP) is 6.54.